The van der Waals surface area contributed by atoms with Crippen molar-refractivity contribution in [1.29, 1.82) is 0 Å². The summed E-state index contributed by atoms with van der Waals surface area (Å²) in [7, 11) is 0. The number of amides is 1. The molecule has 140 valence electrons. The molecule has 4 heterocycles. The molecule has 1 saturated heterocycles. The van der Waals surface area contributed by atoms with E-state index in [9.17, 15) is 4.79 Å². The number of benzene rings is 1. The van der Waals surface area contributed by atoms with Gasteiger partial charge in [0, 0.05) is 55.7 Å². The molecule has 27 heavy (non-hydrogen) atoms. The fraction of sp³-hybridized carbons (Fsp3) is 0.476. The molecule has 6 heteroatoms. The molecule has 3 aliphatic heterocycles. The fourth-order valence-corrected chi connectivity index (χ4v) is 4.31. The third kappa shape index (κ3) is 3.08. The Kier molecular flexibility index (Phi) is 4.08. The van der Waals surface area contributed by atoms with Crippen LogP contribution in [0.15, 0.2) is 24.4 Å². The summed E-state index contributed by atoms with van der Waals surface area (Å²) in [5.74, 6) is 2.36. The second-order valence-electron chi connectivity index (χ2n) is 7.82. The highest BCUT2D eigenvalue weighted by Gasteiger charge is 2.27. The Morgan fingerprint density at radius 2 is 2.26 bits per heavy atom. The summed E-state index contributed by atoms with van der Waals surface area (Å²) in [5, 5.41) is 3.37. The number of hydrogen-bond acceptors (Lipinski definition) is 5. The van der Waals surface area contributed by atoms with Crippen LogP contribution in [0.2, 0.25) is 0 Å². The predicted molar refractivity (Wildman–Crippen MR) is 101 cm³/mol. The average molecular weight is 364 g/mol. The van der Waals surface area contributed by atoms with Crippen molar-refractivity contribution in [3.05, 3.63) is 52.6 Å². The Morgan fingerprint density at radius 1 is 1.33 bits per heavy atom. The van der Waals surface area contributed by atoms with Gasteiger partial charge in [-0.05, 0) is 43.7 Å². The van der Waals surface area contributed by atoms with E-state index in [0.29, 0.717) is 19.0 Å². The quantitative estimate of drug-likeness (QED) is 0.884. The maximum Gasteiger partial charge on any atom is 0.254 e. The molecule has 5 rings (SSSR count). The van der Waals surface area contributed by atoms with Crippen LogP contribution in [0, 0.1) is 0 Å². The molecule has 2 atom stereocenters. The number of rotatable bonds is 2. The van der Waals surface area contributed by atoms with Gasteiger partial charge in [-0.25, -0.2) is 9.97 Å². The van der Waals surface area contributed by atoms with Crippen LogP contribution < -0.4 is 10.1 Å². The summed E-state index contributed by atoms with van der Waals surface area (Å²) >= 11 is 0. The minimum absolute atomic E-state index is 0.0760. The minimum atomic E-state index is 0.0760. The first kappa shape index (κ1) is 16.7. The lowest BCUT2D eigenvalue weighted by Crippen LogP contribution is -2.36. The van der Waals surface area contributed by atoms with Crippen LogP contribution in [-0.2, 0) is 19.4 Å². The van der Waals surface area contributed by atoms with Gasteiger partial charge in [-0.15, -0.1) is 0 Å². The second-order valence-corrected chi connectivity index (χ2v) is 7.82. The van der Waals surface area contributed by atoms with Crippen molar-refractivity contribution in [2.24, 2.45) is 0 Å². The molecule has 2 aromatic rings. The van der Waals surface area contributed by atoms with Crippen molar-refractivity contribution in [3.63, 3.8) is 0 Å². The zero-order valence-corrected chi connectivity index (χ0v) is 15.6. The van der Waals surface area contributed by atoms with Crippen LogP contribution in [0.1, 0.15) is 52.3 Å². The van der Waals surface area contributed by atoms with Crippen LogP contribution in [0.3, 0.4) is 0 Å². The van der Waals surface area contributed by atoms with E-state index in [2.05, 4.69) is 17.2 Å². The Morgan fingerprint density at radius 3 is 3.11 bits per heavy atom. The molecule has 1 amide bonds. The highest BCUT2D eigenvalue weighted by atomic mass is 16.5. The molecule has 6 nitrogen and oxygen atoms in total. The molecule has 0 unspecified atom stereocenters. The van der Waals surface area contributed by atoms with Gasteiger partial charge in [0.1, 0.15) is 17.7 Å². The van der Waals surface area contributed by atoms with Gasteiger partial charge in [0.05, 0.1) is 5.69 Å². The summed E-state index contributed by atoms with van der Waals surface area (Å²) in [6, 6.07) is 5.79. The van der Waals surface area contributed by atoms with Gasteiger partial charge in [-0.3, -0.25) is 4.79 Å². The van der Waals surface area contributed by atoms with E-state index < -0.39 is 0 Å². The number of carbonyl (C=O) groups excluding carboxylic acids is 1. The SMILES string of the molecule is C[C@H]1Cc2cc(C(=O)N3CCc4nc([C@@H]5CCNC5)ncc4C3)ccc2O1. The lowest BCUT2D eigenvalue weighted by molar-refractivity contribution is 0.0733. The lowest BCUT2D eigenvalue weighted by Gasteiger charge is -2.28. The van der Waals surface area contributed by atoms with Crippen molar-refractivity contribution in [3.8, 4) is 5.75 Å². The van der Waals surface area contributed by atoms with Crippen LogP contribution in [0.25, 0.3) is 0 Å². The number of aromatic nitrogens is 2. The average Bonchev–Trinajstić information content (AvgIpc) is 3.34. The van der Waals surface area contributed by atoms with Crippen LogP contribution in [0.5, 0.6) is 5.75 Å². The highest BCUT2D eigenvalue weighted by Crippen LogP contribution is 2.30. The van der Waals surface area contributed by atoms with E-state index in [1.807, 2.05) is 29.3 Å². The van der Waals surface area contributed by atoms with Crippen LogP contribution >= 0.6 is 0 Å². The molecule has 1 aromatic carbocycles. The third-order valence-corrected chi connectivity index (χ3v) is 5.81. The van der Waals surface area contributed by atoms with Crippen molar-refractivity contribution < 1.29 is 9.53 Å². The van der Waals surface area contributed by atoms with E-state index >= 15 is 0 Å². The molecule has 0 radical (unpaired) electrons. The number of nitrogens with one attached hydrogen (secondary N) is 1. The molecular formula is C21H24N4O2. The standard InChI is InChI=1S/C21H24N4O2/c1-13-8-16-9-14(2-3-19(16)27-13)21(26)25-7-5-18-17(12-25)11-23-20(24-18)15-4-6-22-10-15/h2-3,9,11,13,15,22H,4-8,10,12H2,1H3/t13-,15+/m0/s1. The Bertz CT molecular complexity index is 892. The van der Waals surface area contributed by atoms with E-state index in [0.717, 1.165) is 66.3 Å². The zero-order valence-electron chi connectivity index (χ0n) is 15.6. The van der Waals surface area contributed by atoms with Gasteiger partial charge < -0.3 is 15.0 Å². The Hall–Kier alpha value is -2.47. The molecule has 1 N–H and O–H groups in total. The van der Waals surface area contributed by atoms with E-state index in [-0.39, 0.29) is 12.0 Å². The van der Waals surface area contributed by atoms with Gasteiger partial charge in [-0.2, -0.15) is 0 Å². The van der Waals surface area contributed by atoms with E-state index in [1.165, 1.54) is 0 Å². The summed E-state index contributed by atoms with van der Waals surface area (Å²) in [6.45, 7) is 5.34. The van der Waals surface area contributed by atoms with Crippen LogP contribution in [-0.4, -0.2) is 46.5 Å². The predicted octanol–water partition coefficient (Wildman–Crippen LogP) is 2.08. The summed E-state index contributed by atoms with van der Waals surface area (Å²) in [4.78, 5) is 24.3. The largest absolute Gasteiger partial charge is 0.490 e. The van der Waals surface area contributed by atoms with Gasteiger partial charge in [0.25, 0.3) is 5.91 Å². The van der Waals surface area contributed by atoms with Gasteiger partial charge in [0.2, 0.25) is 0 Å². The van der Waals surface area contributed by atoms with Gasteiger partial charge in [0.15, 0.2) is 0 Å². The van der Waals surface area contributed by atoms with Gasteiger partial charge >= 0.3 is 0 Å². The molecular weight excluding hydrogens is 340 g/mol. The molecule has 0 saturated carbocycles. The first-order valence-electron chi connectivity index (χ1n) is 9.81. The molecule has 0 bridgehead atoms. The van der Waals surface area contributed by atoms with E-state index in [4.69, 9.17) is 9.72 Å². The lowest BCUT2D eigenvalue weighted by atomic mass is 10.0. The smallest absolute Gasteiger partial charge is 0.254 e. The fourth-order valence-electron chi connectivity index (χ4n) is 4.31. The van der Waals surface area contributed by atoms with Crippen molar-refractivity contribution in [1.82, 2.24) is 20.2 Å². The van der Waals surface area contributed by atoms with Crippen LogP contribution in [0.4, 0.5) is 0 Å². The number of ether oxygens (including phenoxy) is 1. The monoisotopic (exact) mass is 364 g/mol. The maximum atomic E-state index is 13.0. The molecule has 3 aliphatic rings. The Balaban J connectivity index is 1.33. The first-order chi connectivity index (χ1) is 13.2. The summed E-state index contributed by atoms with van der Waals surface area (Å²) < 4.78 is 5.74. The third-order valence-electron chi connectivity index (χ3n) is 5.81. The molecule has 0 aliphatic carbocycles. The number of hydrogen-bond donors (Lipinski definition) is 1. The maximum absolute atomic E-state index is 13.0. The van der Waals surface area contributed by atoms with Gasteiger partial charge in [-0.1, -0.05) is 0 Å². The zero-order chi connectivity index (χ0) is 18.4. The first-order valence-corrected chi connectivity index (χ1v) is 9.81. The normalized spacial score (nSPS) is 23.7. The Labute approximate surface area is 159 Å². The molecule has 1 fully saturated rings. The summed E-state index contributed by atoms with van der Waals surface area (Å²) in [5.41, 5.74) is 4.04. The summed E-state index contributed by atoms with van der Waals surface area (Å²) in [6.07, 6.45) is 4.87. The topological polar surface area (TPSA) is 67.4 Å². The minimum Gasteiger partial charge on any atom is -0.490 e. The number of fused-ring (bicyclic) bond motifs is 2. The van der Waals surface area contributed by atoms with Crippen molar-refractivity contribution in [2.45, 2.75) is 44.8 Å². The second kappa shape index (κ2) is 6.60. The number of carbonyl (C=O) groups is 1. The van der Waals surface area contributed by atoms with Crippen molar-refractivity contribution in [2.75, 3.05) is 19.6 Å². The number of nitrogens with zero attached hydrogens (tertiary/aromatic N) is 3. The highest BCUT2D eigenvalue weighted by molar-refractivity contribution is 5.94. The molecule has 0 spiro atoms. The van der Waals surface area contributed by atoms with E-state index in [1.54, 1.807) is 0 Å². The van der Waals surface area contributed by atoms with Crippen molar-refractivity contribution >= 4 is 5.91 Å². The molecule has 1 aromatic heterocycles.